The van der Waals surface area contributed by atoms with E-state index in [2.05, 4.69) is 10.3 Å². The number of non-ortho nitro benzene ring substituents is 1. The van der Waals surface area contributed by atoms with Gasteiger partial charge in [0.1, 0.15) is 5.82 Å². The summed E-state index contributed by atoms with van der Waals surface area (Å²) in [5, 5.41) is 14.4. The predicted octanol–water partition coefficient (Wildman–Crippen LogP) is 2.03. The number of nitrogens with zero attached hydrogens (tertiary/aromatic N) is 3. The Hall–Kier alpha value is -2.70. The van der Waals surface area contributed by atoms with Gasteiger partial charge in [-0.05, 0) is 25.1 Å². The first-order valence-electron chi connectivity index (χ1n) is 6.54. The van der Waals surface area contributed by atoms with Gasteiger partial charge in [-0.25, -0.2) is 4.98 Å². The molecule has 2 rings (SSSR count). The number of rotatable bonds is 5. The minimum absolute atomic E-state index is 0.0249. The van der Waals surface area contributed by atoms with Gasteiger partial charge in [-0.1, -0.05) is 0 Å². The highest BCUT2D eigenvalue weighted by Crippen LogP contribution is 2.20. The Labute approximate surface area is 121 Å². The highest BCUT2D eigenvalue weighted by Gasteiger charge is 2.09. The van der Waals surface area contributed by atoms with Crippen molar-refractivity contribution in [2.45, 2.75) is 6.92 Å². The molecule has 0 saturated heterocycles. The number of benzene rings is 1. The molecular formula is C14H16N4O3. The smallest absolute Gasteiger partial charge is 0.270 e. The number of fused-ring (bicyclic) bond motifs is 1. The van der Waals surface area contributed by atoms with Gasteiger partial charge in [0, 0.05) is 31.1 Å². The third-order valence-electron chi connectivity index (χ3n) is 3.20. The molecule has 0 bridgehead atoms. The van der Waals surface area contributed by atoms with E-state index in [0.717, 1.165) is 0 Å². The van der Waals surface area contributed by atoms with Gasteiger partial charge in [0.15, 0.2) is 0 Å². The quantitative estimate of drug-likeness (QED) is 0.671. The van der Waals surface area contributed by atoms with E-state index in [1.807, 2.05) is 6.92 Å². The Kier molecular flexibility index (Phi) is 4.32. The molecule has 1 amide bonds. The van der Waals surface area contributed by atoms with Crippen molar-refractivity contribution in [3.63, 3.8) is 0 Å². The maximum absolute atomic E-state index is 11.7. The molecule has 1 heterocycles. The maximum atomic E-state index is 11.7. The second-order valence-electron chi connectivity index (χ2n) is 4.59. The van der Waals surface area contributed by atoms with Gasteiger partial charge < -0.3 is 10.2 Å². The zero-order chi connectivity index (χ0) is 15.4. The fraction of sp³-hybridized carbons (Fsp3) is 0.286. The lowest BCUT2D eigenvalue weighted by molar-refractivity contribution is -0.384. The SMILES string of the molecule is CCN(C)C(=O)CNc1ccc2cc([N+](=O)[O-])ccc2n1. The molecule has 2 aromatic rings. The number of hydrogen-bond donors (Lipinski definition) is 1. The van der Waals surface area contributed by atoms with Crippen molar-refractivity contribution in [1.29, 1.82) is 0 Å². The Balaban J connectivity index is 2.14. The number of amides is 1. The summed E-state index contributed by atoms with van der Waals surface area (Å²) >= 11 is 0. The number of pyridine rings is 1. The van der Waals surface area contributed by atoms with Crippen LogP contribution >= 0.6 is 0 Å². The average molecular weight is 288 g/mol. The van der Waals surface area contributed by atoms with Crippen molar-refractivity contribution >= 4 is 28.3 Å². The van der Waals surface area contributed by atoms with Gasteiger partial charge in [-0.3, -0.25) is 14.9 Å². The van der Waals surface area contributed by atoms with E-state index in [0.29, 0.717) is 23.3 Å². The molecule has 0 aliphatic heterocycles. The van der Waals surface area contributed by atoms with E-state index in [1.54, 1.807) is 30.1 Å². The summed E-state index contributed by atoms with van der Waals surface area (Å²) in [6.45, 7) is 2.71. The fourth-order valence-electron chi connectivity index (χ4n) is 1.80. The average Bonchev–Trinajstić information content (AvgIpc) is 2.50. The number of hydrogen-bond acceptors (Lipinski definition) is 5. The second-order valence-corrected chi connectivity index (χ2v) is 4.59. The van der Waals surface area contributed by atoms with Crippen molar-refractivity contribution in [1.82, 2.24) is 9.88 Å². The van der Waals surface area contributed by atoms with E-state index < -0.39 is 4.92 Å². The van der Waals surface area contributed by atoms with Crippen LogP contribution < -0.4 is 5.32 Å². The molecule has 0 atom stereocenters. The molecule has 7 heteroatoms. The monoisotopic (exact) mass is 288 g/mol. The van der Waals surface area contributed by atoms with Gasteiger partial charge in [0.25, 0.3) is 5.69 Å². The van der Waals surface area contributed by atoms with E-state index in [1.165, 1.54) is 12.1 Å². The van der Waals surface area contributed by atoms with Crippen molar-refractivity contribution in [2.24, 2.45) is 0 Å². The third kappa shape index (κ3) is 3.44. The van der Waals surface area contributed by atoms with Crippen LogP contribution in [0.5, 0.6) is 0 Å². The van der Waals surface area contributed by atoms with Gasteiger partial charge in [0.2, 0.25) is 5.91 Å². The third-order valence-corrected chi connectivity index (χ3v) is 3.20. The zero-order valence-electron chi connectivity index (χ0n) is 11.9. The Bertz CT molecular complexity index is 687. The highest BCUT2D eigenvalue weighted by molar-refractivity contribution is 5.84. The zero-order valence-corrected chi connectivity index (χ0v) is 11.9. The van der Waals surface area contributed by atoms with Gasteiger partial charge in [-0.2, -0.15) is 0 Å². The number of carbonyl (C=O) groups is 1. The molecule has 1 N–H and O–H groups in total. The summed E-state index contributed by atoms with van der Waals surface area (Å²) in [5.74, 6) is 0.539. The number of nitro groups is 1. The summed E-state index contributed by atoms with van der Waals surface area (Å²) in [7, 11) is 1.73. The van der Waals surface area contributed by atoms with Gasteiger partial charge in [-0.15, -0.1) is 0 Å². The molecule has 110 valence electrons. The lowest BCUT2D eigenvalue weighted by atomic mass is 10.2. The summed E-state index contributed by atoms with van der Waals surface area (Å²) in [4.78, 5) is 27.9. The number of nitro benzene ring substituents is 1. The maximum Gasteiger partial charge on any atom is 0.270 e. The number of carbonyl (C=O) groups excluding carboxylic acids is 1. The van der Waals surface area contributed by atoms with Crippen molar-refractivity contribution in [3.8, 4) is 0 Å². The molecule has 1 aromatic carbocycles. The predicted molar refractivity (Wildman–Crippen MR) is 80.2 cm³/mol. The van der Waals surface area contributed by atoms with E-state index in [-0.39, 0.29) is 18.1 Å². The molecule has 0 radical (unpaired) electrons. The number of aromatic nitrogens is 1. The fourth-order valence-corrected chi connectivity index (χ4v) is 1.80. The minimum Gasteiger partial charge on any atom is -0.361 e. The molecule has 0 unspecified atom stereocenters. The molecule has 0 aliphatic rings. The van der Waals surface area contributed by atoms with Gasteiger partial charge >= 0.3 is 0 Å². The van der Waals surface area contributed by atoms with Crippen LogP contribution in [0, 0.1) is 10.1 Å². The summed E-state index contributed by atoms with van der Waals surface area (Å²) in [6.07, 6.45) is 0. The summed E-state index contributed by atoms with van der Waals surface area (Å²) in [5.41, 5.74) is 0.673. The summed E-state index contributed by atoms with van der Waals surface area (Å²) < 4.78 is 0. The number of anilines is 1. The Morgan fingerprint density at radius 3 is 2.81 bits per heavy atom. The molecule has 7 nitrogen and oxygen atoms in total. The van der Waals surface area contributed by atoms with Crippen LogP contribution in [0.1, 0.15) is 6.92 Å². The molecule has 21 heavy (non-hydrogen) atoms. The molecule has 1 aromatic heterocycles. The topological polar surface area (TPSA) is 88.4 Å². The Morgan fingerprint density at radius 2 is 2.14 bits per heavy atom. The van der Waals surface area contributed by atoms with Crippen LogP contribution in [0.3, 0.4) is 0 Å². The van der Waals surface area contributed by atoms with E-state index >= 15 is 0 Å². The van der Waals surface area contributed by atoms with Gasteiger partial charge in [0.05, 0.1) is 17.0 Å². The van der Waals surface area contributed by atoms with Crippen LogP contribution in [0.15, 0.2) is 30.3 Å². The largest absolute Gasteiger partial charge is 0.361 e. The Morgan fingerprint density at radius 1 is 1.38 bits per heavy atom. The minimum atomic E-state index is -0.440. The first kappa shape index (κ1) is 14.7. The number of nitrogens with one attached hydrogen (secondary N) is 1. The van der Waals surface area contributed by atoms with Crippen LogP contribution in [-0.4, -0.2) is 40.9 Å². The normalized spacial score (nSPS) is 10.4. The molecule has 0 spiro atoms. The number of likely N-dealkylation sites (N-methyl/N-ethyl adjacent to an activating group) is 1. The van der Waals surface area contributed by atoms with Crippen molar-refractivity contribution in [3.05, 3.63) is 40.4 Å². The highest BCUT2D eigenvalue weighted by atomic mass is 16.6. The van der Waals surface area contributed by atoms with E-state index in [9.17, 15) is 14.9 Å². The first-order chi connectivity index (χ1) is 10.0. The lowest BCUT2D eigenvalue weighted by Gasteiger charge is -2.15. The van der Waals surface area contributed by atoms with Crippen LogP contribution in [0.4, 0.5) is 11.5 Å². The molecule has 0 aliphatic carbocycles. The standard InChI is InChI=1S/C14H16N4O3/c1-3-17(2)14(19)9-15-13-7-4-10-8-11(18(20)21)5-6-12(10)16-13/h4-8H,3,9H2,1-2H3,(H,15,16). The van der Waals surface area contributed by atoms with Crippen molar-refractivity contribution < 1.29 is 9.72 Å². The lowest BCUT2D eigenvalue weighted by Crippen LogP contribution is -2.32. The second kappa shape index (κ2) is 6.17. The van der Waals surface area contributed by atoms with Crippen LogP contribution in [0.2, 0.25) is 0 Å². The molecule has 0 saturated carbocycles. The first-order valence-corrected chi connectivity index (χ1v) is 6.54. The summed E-state index contributed by atoms with van der Waals surface area (Å²) in [6, 6.07) is 7.92. The van der Waals surface area contributed by atoms with E-state index in [4.69, 9.17) is 0 Å². The van der Waals surface area contributed by atoms with Crippen molar-refractivity contribution in [2.75, 3.05) is 25.5 Å². The molecule has 0 fully saturated rings. The van der Waals surface area contributed by atoms with Crippen LogP contribution in [0.25, 0.3) is 10.9 Å². The molecular weight excluding hydrogens is 272 g/mol. The van der Waals surface area contributed by atoms with Crippen LogP contribution in [-0.2, 0) is 4.79 Å².